The van der Waals surface area contributed by atoms with Crippen molar-refractivity contribution in [3.63, 3.8) is 0 Å². The Morgan fingerprint density at radius 1 is 1.33 bits per heavy atom. The molecular weight excluding hydrogens is 367 g/mol. The van der Waals surface area contributed by atoms with Crippen molar-refractivity contribution in [3.8, 4) is 5.75 Å². The fourth-order valence-corrected chi connectivity index (χ4v) is 2.09. The van der Waals surface area contributed by atoms with Crippen LogP contribution in [-0.4, -0.2) is 50.4 Å². The van der Waals surface area contributed by atoms with Gasteiger partial charge in [0.05, 0.1) is 30.2 Å². The van der Waals surface area contributed by atoms with E-state index < -0.39 is 24.4 Å². The molecule has 8 nitrogen and oxygen atoms in total. The van der Waals surface area contributed by atoms with Crippen molar-refractivity contribution >= 4 is 5.91 Å². The summed E-state index contributed by atoms with van der Waals surface area (Å²) in [6, 6.07) is 2.00. The Labute approximate surface area is 153 Å². The first-order valence-electron chi connectivity index (χ1n) is 7.98. The monoisotopic (exact) mass is 387 g/mol. The van der Waals surface area contributed by atoms with Gasteiger partial charge < -0.3 is 15.2 Å². The lowest BCUT2D eigenvalue weighted by Crippen LogP contribution is -2.31. The fourth-order valence-electron chi connectivity index (χ4n) is 2.09. The smallest absolute Gasteiger partial charge is 0.422 e. The number of hydrogen-bond acceptors (Lipinski definition) is 6. The zero-order valence-electron chi connectivity index (χ0n) is 15.0. The number of ether oxygens (including phenoxy) is 1. The van der Waals surface area contributed by atoms with Crippen molar-refractivity contribution in [2.24, 2.45) is 0 Å². The topological polar surface area (TPSA) is 102 Å². The number of alkyl halides is 3. The Morgan fingerprint density at radius 2 is 2.04 bits per heavy atom. The number of pyridine rings is 1. The molecule has 2 N–H and O–H groups in total. The predicted molar refractivity (Wildman–Crippen MR) is 87.9 cm³/mol. The van der Waals surface area contributed by atoms with E-state index in [-0.39, 0.29) is 18.3 Å². The summed E-state index contributed by atoms with van der Waals surface area (Å²) in [6.07, 6.45) is -1.75. The number of rotatable bonds is 7. The van der Waals surface area contributed by atoms with E-state index >= 15 is 0 Å². The molecule has 2 rings (SSSR count). The van der Waals surface area contributed by atoms with Gasteiger partial charge in [0.2, 0.25) is 5.91 Å². The first-order valence-corrected chi connectivity index (χ1v) is 7.98. The predicted octanol–water partition coefficient (Wildman–Crippen LogP) is 1.57. The molecule has 0 aliphatic rings. The highest BCUT2D eigenvalue weighted by molar-refractivity contribution is 5.73. The van der Waals surface area contributed by atoms with E-state index in [9.17, 15) is 23.1 Å². The van der Waals surface area contributed by atoms with Crippen molar-refractivity contribution in [1.82, 2.24) is 25.3 Å². The second kappa shape index (κ2) is 7.91. The van der Waals surface area contributed by atoms with Crippen LogP contribution in [-0.2, 0) is 10.3 Å². The van der Waals surface area contributed by atoms with Gasteiger partial charge in [0, 0.05) is 6.92 Å². The maximum absolute atomic E-state index is 12.2. The molecule has 0 fully saturated rings. The summed E-state index contributed by atoms with van der Waals surface area (Å²) in [5, 5.41) is 20.1. The van der Waals surface area contributed by atoms with Crippen LogP contribution in [0.15, 0.2) is 24.5 Å². The van der Waals surface area contributed by atoms with Gasteiger partial charge in [-0.1, -0.05) is 5.21 Å². The fraction of sp³-hybridized carbons (Fsp3) is 0.500. The van der Waals surface area contributed by atoms with Gasteiger partial charge in [-0.25, -0.2) is 4.68 Å². The minimum absolute atomic E-state index is 0.0530. The normalized spacial score (nSPS) is 13.3. The van der Waals surface area contributed by atoms with Gasteiger partial charge in [-0.15, -0.1) is 5.10 Å². The molecule has 1 amide bonds. The van der Waals surface area contributed by atoms with Gasteiger partial charge in [-0.05, 0) is 26.0 Å². The van der Waals surface area contributed by atoms with Crippen LogP contribution in [0.25, 0.3) is 0 Å². The summed E-state index contributed by atoms with van der Waals surface area (Å²) in [5.41, 5.74) is 0.0102. The van der Waals surface area contributed by atoms with Crippen LogP contribution in [0.5, 0.6) is 5.75 Å². The summed E-state index contributed by atoms with van der Waals surface area (Å²) in [4.78, 5) is 15.6. The highest BCUT2D eigenvalue weighted by Crippen LogP contribution is 2.23. The lowest BCUT2D eigenvalue weighted by atomic mass is 10.1. The zero-order chi connectivity index (χ0) is 20.2. The average Bonchev–Trinajstić information content (AvgIpc) is 3.08. The highest BCUT2D eigenvalue weighted by Gasteiger charge is 2.29. The van der Waals surface area contributed by atoms with Crippen LogP contribution in [0.2, 0.25) is 0 Å². The first-order chi connectivity index (χ1) is 12.5. The summed E-state index contributed by atoms with van der Waals surface area (Å²) in [7, 11) is 0. The molecular formula is C16H20F3N5O3. The number of nitrogens with one attached hydrogen (secondary N) is 1. The van der Waals surface area contributed by atoms with Gasteiger partial charge >= 0.3 is 6.18 Å². The average molecular weight is 387 g/mol. The number of aliphatic hydroxyl groups excluding tert-OH is 1. The molecule has 0 bridgehead atoms. The van der Waals surface area contributed by atoms with Crippen molar-refractivity contribution in [2.75, 3.05) is 13.2 Å². The molecule has 11 heteroatoms. The Bertz CT molecular complexity index is 774. The van der Waals surface area contributed by atoms with E-state index in [1.807, 2.05) is 0 Å². The number of amides is 1. The van der Waals surface area contributed by atoms with E-state index in [0.717, 1.165) is 6.20 Å². The maximum Gasteiger partial charge on any atom is 0.422 e. The molecule has 1 atom stereocenters. The van der Waals surface area contributed by atoms with Gasteiger partial charge in [-0.3, -0.25) is 9.78 Å². The molecule has 148 valence electrons. The van der Waals surface area contributed by atoms with E-state index in [2.05, 4.69) is 25.3 Å². The van der Waals surface area contributed by atoms with E-state index in [0.29, 0.717) is 11.4 Å². The van der Waals surface area contributed by atoms with Crippen molar-refractivity contribution < 1.29 is 27.8 Å². The molecule has 0 aromatic carbocycles. The SMILES string of the molecule is CC(=O)N[C@@H](c1ccc(OCC(F)(F)F)cn1)c1cn(C(C)(C)CO)nn1. The Hall–Kier alpha value is -2.69. The van der Waals surface area contributed by atoms with Gasteiger partial charge in [0.1, 0.15) is 17.5 Å². The number of carbonyl (C=O) groups excluding carboxylic acids is 1. The molecule has 0 unspecified atom stereocenters. The Balaban J connectivity index is 2.25. The second-order valence-electron chi connectivity index (χ2n) is 6.51. The largest absolute Gasteiger partial charge is 0.483 e. The van der Waals surface area contributed by atoms with E-state index in [1.54, 1.807) is 20.0 Å². The third kappa shape index (κ3) is 5.64. The van der Waals surface area contributed by atoms with Crippen molar-refractivity contribution in [3.05, 3.63) is 35.9 Å². The summed E-state index contributed by atoms with van der Waals surface area (Å²) < 4.78 is 42.7. The summed E-state index contributed by atoms with van der Waals surface area (Å²) >= 11 is 0. The Morgan fingerprint density at radius 3 is 2.56 bits per heavy atom. The molecule has 0 aliphatic heterocycles. The Kier molecular flexibility index (Phi) is 6.04. The molecule has 2 heterocycles. The molecule has 2 aromatic rings. The molecule has 0 radical (unpaired) electrons. The number of halogens is 3. The number of carbonyl (C=O) groups is 1. The lowest BCUT2D eigenvalue weighted by molar-refractivity contribution is -0.153. The highest BCUT2D eigenvalue weighted by atomic mass is 19.4. The van der Waals surface area contributed by atoms with Crippen LogP contribution < -0.4 is 10.1 Å². The zero-order valence-corrected chi connectivity index (χ0v) is 15.0. The quantitative estimate of drug-likeness (QED) is 0.748. The number of nitrogens with zero attached hydrogens (tertiary/aromatic N) is 4. The van der Waals surface area contributed by atoms with Crippen LogP contribution in [0.1, 0.15) is 38.2 Å². The summed E-state index contributed by atoms with van der Waals surface area (Å²) in [6.45, 7) is 3.22. The second-order valence-corrected chi connectivity index (χ2v) is 6.51. The van der Waals surface area contributed by atoms with Gasteiger partial charge in [0.25, 0.3) is 0 Å². The molecule has 27 heavy (non-hydrogen) atoms. The van der Waals surface area contributed by atoms with E-state index in [1.165, 1.54) is 23.7 Å². The minimum Gasteiger partial charge on any atom is -0.483 e. The lowest BCUT2D eigenvalue weighted by Gasteiger charge is -2.21. The number of hydrogen-bond donors (Lipinski definition) is 2. The van der Waals surface area contributed by atoms with Crippen LogP contribution in [0, 0.1) is 0 Å². The van der Waals surface area contributed by atoms with Crippen LogP contribution in [0.4, 0.5) is 13.2 Å². The van der Waals surface area contributed by atoms with Crippen LogP contribution >= 0.6 is 0 Å². The third-order valence-electron chi connectivity index (χ3n) is 3.62. The molecule has 2 aromatic heterocycles. The van der Waals surface area contributed by atoms with Gasteiger partial charge in [-0.2, -0.15) is 13.2 Å². The van der Waals surface area contributed by atoms with Crippen LogP contribution in [0.3, 0.4) is 0 Å². The minimum atomic E-state index is -4.45. The number of aromatic nitrogens is 4. The first kappa shape index (κ1) is 20.6. The molecule has 0 saturated heterocycles. The standard InChI is InChI=1S/C16H20F3N5O3/c1-10(26)21-14(13-7-24(23-22-13)15(2,3)8-25)12-5-4-11(6-20-12)27-9-16(17,18)19/h4-7,14,25H,8-9H2,1-3H3,(H,21,26)/t14-/m0/s1. The maximum atomic E-state index is 12.2. The molecule has 0 aliphatic carbocycles. The third-order valence-corrected chi connectivity index (χ3v) is 3.62. The molecule has 0 spiro atoms. The van der Waals surface area contributed by atoms with Crippen molar-refractivity contribution in [2.45, 2.75) is 38.5 Å². The molecule has 0 saturated carbocycles. The number of aliphatic hydroxyl groups is 1. The summed E-state index contributed by atoms with van der Waals surface area (Å²) in [5.74, 6) is -0.405. The van der Waals surface area contributed by atoms with E-state index in [4.69, 9.17) is 0 Å². The van der Waals surface area contributed by atoms with Gasteiger partial charge in [0.15, 0.2) is 6.61 Å². The van der Waals surface area contributed by atoms with Crippen molar-refractivity contribution in [1.29, 1.82) is 0 Å².